The van der Waals surface area contributed by atoms with Crippen LogP contribution in [-0.4, -0.2) is 42.1 Å². The molecule has 8 nitrogen and oxygen atoms in total. The summed E-state index contributed by atoms with van der Waals surface area (Å²) >= 11 is 3.40. The third-order valence-electron chi connectivity index (χ3n) is 4.97. The molecule has 3 heterocycles. The number of hydrogen-bond acceptors (Lipinski definition) is 8. The van der Waals surface area contributed by atoms with Gasteiger partial charge in [0.1, 0.15) is 16.9 Å². The zero-order chi connectivity index (χ0) is 21.7. The van der Waals surface area contributed by atoms with Gasteiger partial charge in [-0.3, -0.25) is 14.1 Å². The first-order valence-corrected chi connectivity index (χ1v) is 11.4. The highest BCUT2D eigenvalue weighted by Crippen LogP contribution is 2.51. The van der Waals surface area contributed by atoms with Gasteiger partial charge in [0, 0.05) is 40.6 Å². The lowest BCUT2D eigenvalue weighted by molar-refractivity contribution is 0.391. The van der Waals surface area contributed by atoms with Crippen molar-refractivity contribution in [1.82, 2.24) is 14.3 Å². The molecule has 0 unspecified atom stereocenters. The number of fused-ring (bicyclic) bond motifs is 1. The molecule has 0 bridgehead atoms. The summed E-state index contributed by atoms with van der Waals surface area (Å²) in [5.41, 5.74) is 6.04. The first kappa shape index (κ1) is 20.8. The molecule has 3 aromatic rings. The van der Waals surface area contributed by atoms with Gasteiger partial charge in [-0.1, -0.05) is 0 Å². The molecular formula is C19H20BrFN6O2S. The number of hydrogen-bond donors (Lipinski definition) is 4. The number of pyridine rings is 2. The van der Waals surface area contributed by atoms with Gasteiger partial charge in [0.25, 0.3) is 0 Å². The molecule has 0 amide bonds. The number of anilines is 2. The Bertz CT molecular complexity index is 1180. The van der Waals surface area contributed by atoms with E-state index in [9.17, 15) is 13.5 Å². The zero-order valence-electron chi connectivity index (χ0n) is 16.2. The molecule has 0 saturated heterocycles. The number of aromatic nitrogens is 2. The van der Waals surface area contributed by atoms with Gasteiger partial charge in [0.15, 0.2) is 5.82 Å². The predicted octanol–water partition coefficient (Wildman–Crippen LogP) is 4.42. The van der Waals surface area contributed by atoms with Crippen molar-refractivity contribution in [2.45, 2.75) is 12.5 Å². The molecule has 0 saturated carbocycles. The van der Waals surface area contributed by atoms with E-state index in [1.54, 1.807) is 31.5 Å². The fourth-order valence-electron chi connectivity index (χ4n) is 3.39. The summed E-state index contributed by atoms with van der Waals surface area (Å²) < 4.78 is 37.5. The number of nitrogens with one attached hydrogen (secondary N) is 1. The monoisotopic (exact) mass is 494 g/mol. The maximum absolute atomic E-state index is 14.8. The van der Waals surface area contributed by atoms with Crippen LogP contribution in [0.4, 0.5) is 15.9 Å². The Kier molecular flexibility index (Phi) is 5.09. The van der Waals surface area contributed by atoms with E-state index in [1.807, 2.05) is 12.1 Å². The SMILES string of the molecule is CN1C(N)=N[C@](C)(c2cc(Nc3nccc4cc(Br)cnc34)ccc2F)CS1(O)O. The minimum absolute atomic E-state index is 0.0630. The van der Waals surface area contributed by atoms with Crippen molar-refractivity contribution in [1.29, 1.82) is 0 Å². The molecule has 158 valence electrons. The lowest BCUT2D eigenvalue weighted by Gasteiger charge is -2.49. The molecule has 1 aliphatic rings. The molecule has 4 rings (SSSR count). The second-order valence-corrected chi connectivity index (χ2v) is 10.2. The number of aliphatic imine (C=N–C) groups is 1. The minimum Gasteiger partial charge on any atom is -0.369 e. The number of nitrogens with two attached hydrogens (primary N) is 1. The van der Waals surface area contributed by atoms with Gasteiger partial charge < -0.3 is 11.1 Å². The summed E-state index contributed by atoms with van der Waals surface area (Å²) in [6, 6.07) is 8.21. The smallest absolute Gasteiger partial charge is 0.210 e. The van der Waals surface area contributed by atoms with Gasteiger partial charge in [-0.15, -0.1) is 10.8 Å². The lowest BCUT2D eigenvalue weighted by Crippen LogP contribution is -2.47. The Labute approximate surface area is 182 Å². The van der Waals surface area contributed by atoms with E-state index in [1.165, 1.54) is 13.1 Å². The molecule has 11 heteroatoms. The van der Waals surface area contributed by atoms with Gasteiger partial charge >= 0.3 is 0 Å². The maximum Gasteiger partial charge on any atom is 0.210 e. The Balaban J connectivity index is 1.75. The molecule has 0 fully saturated rings. The van der Waals surface area contributed by atoms with Crippen LogP contribution in [0.1, 0.15) is 12.5 Å². The van der Waals surface area contributed by atoms with Crippen LogP contribution in [0, 0.1) is 5.82 Å². The third kappa shape index (κ3) is 3.69. The first-order chi connectivity index (χ1) is 14.1. The van der Waals surface area contributed by atoms with Gasteiger partial charge in [-0.2, -0.15) is 0 Å². The minimum atomic E-state index is -3.22. The standard InChI is InChI=1S/C19H20BrFN6O2S/c1-19(10-30(28,29)27(2)18(22)26-19)14-8-13(3-4-15(14)21)25-17-16-11(5-6-23-17)7-12(20)9-24-16/h3-9,28-29H,10H2,1-2H3,(H2,22,26)(H,23,25)/t19-/m0/s1. The topological polar surface area (TPSA) is 120 Å². The van der Waals surface area contributed by atoms with Crippen LogP contribution in [0.15, 0.2) is 52.2 Å². The Hall–Kier alpha value is -2.47. The van der Waals surface area contributed by atoms with Gasteiger partial charge in [0.05, 0.1) is 5.75 Å². The van der Waals surface area contributed by atoms with Crippen molar-refractivity contribution in [2.24, 2.45) is 10.7 Å². The molecule has 1 aliphatic heterocycles. The Morgan fingerprint density at radius 3 is 2.77 bits per heavy atom. The molecule has 1 aromatic carbocycles. The molecule has 5 N–H and O–H groups in total. The van der Waals surface area contributed by atoms with E-state index >= 15 is 0 Å². The highest BCUT2D eigenvalue weighted by Gasteiger charge is 2.41. The number of nitrogens with zero attached hydrogens (tertiary/aromatic N) is 4. The van der Waals surface area contributed by atoms with Crippen molar-refractivity contribution in [2.75, 3.05) is 18.1 Å². The molecule has 2 aromatic heterocycles. The van der Waals surface area contributed by atoms with Crippen LogP contribution in [0.3, 0.4) is 0 Å². The maximum atomic E-state index is 14.8. The van der Waals surface area contributed by atoms with Crippen LogP contribution >= 0.6 is 26.7 Å². The Morgan fingerprint density at radius 2 is 2.03 bits per heavy atom. The Morgan fingerprint density at radius 1 is 1.27 bits per heavy atom. The molecule has 0 spiro atoms. The number of benzene rings is 1. The van der Waals surface area contributed by atoms with Crippen LogP contribution < -0.4 is 11.1 Å². The van der Waals surface area contributed by atoms with Crippen LogP contribution in [0.2, 0.25) is 0 Å². The van der Waals surface area contributed by atoms with E-state index in [0.717, 1.165) is 14.2 Å². The molecule has 0 aliphatic carbocycles. The fraction of sp³-hybridized carbons (Fsp3) is 0.211. The summed E-state index contributed by atoms with van der Waals surface area (Å²) in [6.07, 6.45) is 3.33. The zero-order valence-corrected chi connectivity index (χ0v) is 18.6. The van der Waals surface area contributed by atoms with E-state index < -0.39 is 22.1 Å². The van der Waals surface area contributed by atoms with E-state index in [4.69, 9.17) is 5.73 Å². The van der Waals surface area contributed by atoms with Crippen molar-refractivity contribution in [3.05, 3.63) is 58.6 Å². The quantitative estimate of drug-likeness (QED) is 0.425. The third-order valence-corrected chi connectivity index (χ3v) is 7.42. The number of rotatable bonds is 3. The lowest BCUT2D eigenvalue weighted by atomic mass is 9.93. The first-order valence-electron chi connectivity index (χ1n) is 8.91. The molecule has 0 radical (unpaired) electrons. The largest absolute Gasteiger partial charge is 0.369 e. The van der Waals surface area contributed by atoms with Gasteiger partial charge in [-0.25, -0.2) is 18.7 Å². The highest BCUT2D eigenvalue weighted by molar-refractivity contribution is 9.10. The van der Waals surface area contributed by atoms with Gasteiger partial charge in [0.2, 0.25) is 5.96 Å². The van der Waals surface area contributed by atoms with Crippen molar-refractivity contribution >= 4 is 55.1 Å². The van der Waals surface area contributed by atoms with Crippen LogP contribution in [0.25, 0.3) is 10.9 Å². The van der Waals surface area contributed by atoms with Crippen molar-refractivity contribution < 1.29 is 13.5 Å². The number of guanidine groups is 1. The van der Waals surface area contributed by atoms with E-state index in [-0.39, 0.29) is 17.3 Å². The predicted molar refractivity (Wildman–Crippen MR) is 121 cm³/mol. The second kappa shape index (κ2) is 7.34. The average Bonchev–Trinajstić information content (AvgIpc) is 2.67. The van der Waals surface area contributed by atoms with Crippen LogP contribution in [-0.2, 0) is 5.54 Å². The van der Waals surface area contributed by atoms with E-state index in [2.05, 4.69) is 36.2 Å². The van der Waals surface area contributed by atoms with E-state index in [0.29, 0.717) is 17.0 Å². The molecule has 1 atom stereocenters. The molecular weight excluding hydrogens is 475 g/mol. The summed E-state index contributed by atoms with van der Waals surface area (Å²) in [4.78, 5) is 13.1. The summed E-state index contributed by atoms with van der Waals surface area (Å²) in [5, 5.41) is 4.05. The van der Waals surface area contributed by atoms with Gasteiger partial charge in [-0.05, 0) is 53.2 Å². The summed E-state index contributed by atoms with van der Waals surface area (Å²) in [5.74, 6) is -0.252. The molecule has 30 heavy (non-hydrogen) atoms. The summed E-state index contributed by atoms with van der Waals surface area (Å²) in [7, 11) is -1.78. The summed E-state index contributed by atoms with van der Waals surface area (Å²) in [6.45, 7) is 1.62. The van der Waals surface area contributed by atoms with Crippen molar-refractivity contribution in [3.8, 4) is 0 Å². The average molecular weight is 495 g/mol. The highest BCUT2D eigenvalue weighted by atomic mass is 79.9. The van der Waals surface area contributed by atoms with Crippen molar-refractivity contribution in [3.63, 3.8) is 0 Å². The normalized spacial score (nSPS) is 21.9. The second-order valence-electron chi connectivity index (χ2n) is 7.22. The van der Waals surface area contributed by atoms with Crippen LogP contribution in [0.5, 0.6) is 0 Å². The number of halogens is 2. The fourth-order valence-corrected chi connectivity index (χ4v) is 5.25.